The van der Waals surface area contributed by atoms with Gasteiger partial charge >= 0.3 is 0 Å². The molecule has 3 heterocycles. The van der Waals surface area contributed by atoms with Crippen molar-refractivity contribution in [1.82, 2.24) is 19.6 Å². The SMILES string of the molecule is Cc1cccc(C(=O)c2cn3ncnc(Cl)c3c2C)n1. The molecule has 0 aliphatic heterocycles. The fourth-order valence-corrected chi connectivity index (χ4v) is 2.43. The van der Waals surface area contributed by atoms with E-state index in [0.29, 0.717) is 21.9 Å². The minimum atomic E-state index is -0.146. The molecule has 3 aromatic heterocycles. The molecule has 0 saturated heterocycles. The summed E-state index contributed by atoms with van der Waals surface area (Å²) in [4.78, 5) is 20.7. The number of carbonyl (C=O) groups is 1. The molecule has 100 valence electrons. The molecule has 0 fully saturated rings. The number of fused-ring (bicyclic) bond motifs is 1. The Kier molecular flexibility index (Phi) is 2.99. The maximum Gasteiger partial charge on any atom is 0.213 e. The van der Waals surface area contributed by atoms with E-state index in [1.807, 2.05) is 26.0 Å². The fraction of sp³-hybridized carbons (Fsp3) is 0.143. The van der Waals surface area contributed by atoms with Gasteiger partial charge in [0.25, 0.3) is 0 Å². The third-order valence-corrected chi connectivity index (χ3v) is 3.42. The highest BCUT2D eigenvalue weighted by molar-refractivity contribution is 6.33. The molecule has 0 saturated carbocycles. The number of carbonyl (C=O) groups excluding carboxylic acids is 1. The molecule has 3 rings (SSSR count). The zero-order chi connectivity index (χ0) is 14.3. The first-order valence-electron chi connectivity index (χ1n) is 6.04. The molecule has 6 heteroatoms. The second-order valence-electron chi connectivity index (χ2n) is 4.51. The van der Waals surface area contributed by atoms with Gasteiger partial charge in [-0.2, -0.15) is 5.10 Å². The lowest BCUT2D eigenvalue weighted by Gasteiger charge is -2.00. The van der Waals surface area contributed by atoms with Crippen LogP contribution < -0.4 is 0 Å². The van der Waals surface area contributed by atoms with Crippen LogP contribution in [0.1, 0.15) is 27.3 Å². The summed E-state index contributed by atoms with van der Waals surface area (Å²) in [6, 6.07) is 5.36. The highest BCUT2D eigenvalue weighted by Gasteiger charge is 2.19. The van der Waals surface area contributed by atoms with Crippen LogP contribution in [0.2, 0.25) is 5.15 Å². The molecule has 0 radical (unpaired) electrons. The van der Waals surface area contributed by atoms with Crippen molar-refractivity contribution in [2.75, 3.05) is 0 Å². The van der Waals surface area contributed by atoms with Crippen LogP contribution in [0.4, 0.5) is 0 Å². The van der Waals surface area contributed by atoms with Crippen molar-refractivity contribution in [1.29, 1.82) is 0 Å². The van der Waals surface area contributed by atoms with Gasteiger partial charge in [-0.1, -0.05) is 17.7 Å². The fourth-order valence-electron chi connectivity index (χ4n) is 2.15. The molecule has 0 atom stereocenters. The number of nitrogens with zero attached hydrogens (tertiary/aromatic N) is 4. The van der Waals surface area contributed by atoms with Crippen LogP contribution >= 0.6 is 11.6 Å². The summed E-state index contributed by atoms with van der Waals surface area (Å²) >= 11 is 6.05. The number of hydrogen-bond acceptors (Lipinski definition) is 4. The molecule has 0 bridgehead atoms. The van der Waals surface area contributed by atoms with Crippen molar-refractivity contribution >= 4 is 22.9 Å². The quantitative estimate of drug-likeness (QED) is 0.680. The van der Waals surface area contributed by atoms with E-state index in [1.165, 1.54) is 6.33 Å². The van der Waals surface area contributed by atoms with Crippen LogP contribution in [0.3, 0.4) is 0 Å². The van der Waals surface area contributed by atoms with Gasteiger partial charge in [-0.05, 0) is 31.5 Å². The standard InChI is InChI=1S/C14H11ClN4O/c1-8-4-3-5-11(18-8)13(20)10-6-19-12(9(10)2)14(15)16-7-17-19/h3-7H,1-2H3. The summed E-state index contributed by atoms with van der Waals surface area (Å²) < 4.78 is 1.56. The Labute approximate surface area is 120 Å². The van der Waals surface area contributed by atoms with Crippen LogP contribution in [-0.2, 0) is 0 Å². The smallest absolute Gasteiger partial charge is 0.213 e. The molecule has 0 aromatic carbocycles. The average molecular weight is 287 g/mol. The number of aromatic nitrogens is 4. The molecule has 0 N–H and O–H groups in total. The number of halogens is 1. The predicted molar refractivity (Wildman–Crippen MR) is 75.1 cm³/mol. The summed E-state index contributed by atoms with van der Waals surface area (Å²) in [6.45, 7) is 3.68. The lowest BCUT2D eigenvalue weighted by molar-refractivity contribution is 0.103. The summed E-state index contributed by atoms with van der Waals surface area (Å²) in [6.07, 6.45) is 3.01. The van der Waals surface area contributed by atoms with Gasteiger partial charge in [-0.25, -0.2) is 14.5 Å². The minimum Gasteiger partial charge on any atom is -0.287 e. The van der Waals surface area contributed by atoms with Crippen LogP contribution in [0.25, 0.3) is 5.52 Å². The second kappa shape index (κ2) is 4.68. The summed E-state index contributed by atoms with van der Waals surface area (Å²) in [5.41, 5.74) is 3.14. The Morgan fingerprint density at radius 3 is 2.80 bits per heavy atom. The maximum atomic E-state index is 12.5. The third kappa shape index (κ3) is 1.96. The molecule has 0 amide bonds. The van der Waals surface area contributed by atoms with Crippen molar-refractivity contribution in [3.05, 3.63) is 58.4 Å². The first kappa shape index (κ1) is 12.7. The van der Waals surface area contributed by atoms with Gasteiger partial charge in [0, 0.05) is 17.5 Å². The van der Waals surface area contributed by atoms with E-state index < -0.39 is 0 Å². The van der Waals surface area contributed by atoms with Crippen molar-refractivity contribution in [2.24, 2.45) is 0 Å². The number of hydrogen-bond donors (Lipinski definition) is 0. The first-order valence-corrected chi connectivity index (χ1v) is 6.42. The molecule has 20 heavy (non-hydrogen) atoms. The topological polar surface area (TPSA) is 60.2 Å². The normalized spacial score (nSPS) is 10.9. The molecule has 0 aliphatic rings. The van der Waals surface area contributed by atoms with Gasteiger partial charge in [-0.3, -0.25) is 4.79 Å². The zero-order valence-corrected chi connectivity index (χ0v) is 11.7. The van der Waals surface area contributed by atoms with Crippen LogP contribution in [-0.4, -0.2) is 25.4 Å². The van der Waals surface area contributed by atoms with Crippen molar-refractivity contribution < 1.29 is 4.79 Å². The van der Waals surface area contributed by atoms with Gasteiger partial charge < -0.3 is 0 Å². The van der Waals surface area contributed by atoms with Gasteiger partial charge in [0.2, 0.25) is 5.78 Å². The van der Waals surface area contributed by atoms with Gasteiger partial charge in [0.1, 0.15) is 17.5 Å². The van der Waals surface area contributed by atoms with E-state index in [0.717, 1.165) is 11.3 Å². The van der Waals surface area contributed by atoms with E-state index in [2.05, 4.69) is 15.1 Å². The van der Waals surface area contributed by atoms with Gasteiger partial charge in [0.05, 0.1) is 0 Å². The number of aryl methyl sites for hydroxylation is 2. The third-order valence-electron chi connectivity index (χ3n) is 3.15. The Hall–Kier alpha value is -2.27. The second-order valence-corrected chi connectivity index (χ2v) is 4.86. The molecule has 0 aliphatic carbocycles. The molecule has 0 unspecified atom stereocenters. The van der Waals surface area contributed by atoms with E-state index in [1.54, 1.807) is 16.8 Å². The first-order chi connectivity index (χ1) is 9.58. The Balaban J connectivity index is 2.18. The predicted octanol–water partition coefficient (Wildman–Crippen LogP) is 2.63. The summed E-state index contributed by atoms with van der Waals surface area (Å²) in [7, 11) is 0. The maximum absolute atomic E-state index is 12.5. The van der Waals surface area contributed by atoms with Crippen LogP contribution in [0.5, 0.6) is 0 Å². The Morgan fingerprint density at radius 1 is 1.30 bits per heavy atom. The monoisotopic (exact) mass is 286 g/mol. The summed E-state index contributed by atoms with van der Waals surface area (Å²) in [5, 5.41) is 4.39. The van der Waals surface area contributed by atoms with E-state index in [4.69, 9.17) is 11.6 Å². The Morgan fingerprint density at radius 2 is 2.10 bits per heavy atom. The largest absolute Gasteiger partial charge is 0.287 e. The van der Waals surface area contributed by atoms with Crippen molar-refractivity contribution in [3.63, 3.8) is 0 Å². The van der Waals surface area contributed by atoms with Crippen molar-refractivity contribution in [2.45, 2.75) is 13.8 Å². The lowest BCUT2D eigenvalue weighted by atomic mass is 10.1. The van der Waals surface area contributed by atoms with Crippen LogP contribution in [0.15, 0.2) is 30.7 Å². The molecule has 0 spiro atoms. The average Bonchev–Trinajstić information content (AvgIpc) is 2.76. The van der Waals surface area contributed by atoms with Gasteiger partial charge in [-0.15, -0.1) is 0 Å². The molecule has 3 aromatic rings. The minimum absolute atomic E-state index is 0.146. The highest BCUT2D eigenvalue weighted by Crippen LogP contribution is 2.23. The lowest BCUT2D eigenvalue weighted by Crippen LogP contribution is -2.05. The van der Waals surface area contributed by atoms with Crippen molar-refractivity contribution in [3.8, 4) is 0 Å². The van der Waals surface area contributed by atoms with Gasteiger partial charge in [0.15, 0.2) is 5.15 Å². The summed E-state index contributed by atoms with van der Waals surface area (Å²) in [5.74, 6) is -0.146. The van der Waals surface area contributed by atoms with Crippen LogP contribution in [0, 0.1) is 13.8 Å². The van der Waals surface area contributed by atoms with E-state index in [-0.39, 0.29) is 5.78 Å². The molecular formula is C14H11ClN4O. The number of pyridine rings is 1. The molecular weight excluding hydrogens is 276 g/mol. The Bertz CT molecular complexity index is 825. The zero-order valence-electron chi connectivity index (χ0n) is 11.0. The van der Waals surface area contributed by atoms with E-state index in [9.17, 15) is 4.79 Å². The highest BCUT2D eigenvalue weighted by atomic mass is 35.5. The number of ketones is 1. The van der Waals surface area contributed by atoms with E-state index >= 15 is 0 Å². The number of rotatable bonds is 2. The molecule has 5 nitrogen and oxygen atoms in total.